The number of imidazole rings is 1. The molecule has 0 radical (unpaired) electrons. The lowest BCUT2D eigenvalue weighted by atomic mass is 10.1. The van der Waals surface area contributed by atoms with Gasteiger partial charge in [-0.15, -0.1) is 11.3 Å². The number of carbonyl (C=O) groups excluding carboxylic acids is 1. The van der Waals surface area contributed by atoms with Gasteiger partial charge in [0.05, 0.1) is 18.7 Å². The Balaban J connectivity index is 1.56. The van der Waals surface area contributed by atoms with Gasteiger partial charge in [-0.05, 0) is 50.2 Å². The average molecular weight is 406 g/mol. The minimum absolute atomic E-state index is 0.0784. The molecule has 0 atom stereocenters. The van der Waals surface area contributed by atoms with E-state index in [0.29, 0.717) is 19.6 Å². The molecular weight excluding hydrogens is 382 g/mol. The van der Waals surface area contributed by atoms with Gasteiger partial charge in [0, 0.05) is 35.1 Å². The molecule has 2 aromatic heterocycles. The van der Waals surface area contributed by atoms with Crippen LogP contribution >= 0.6 is 11.3 Å². The first kappa shape index (κ1) is 19.2. The highest BCUT2D eigenvalue weighted by Crippen LogP contribution is 2.26. The summed E-state index contributed by atoms with van der Waals surface area (Å²) in [6.45, 7) is 5.25. The molecule has 29 heavy (non-hydrogen) atoms. The number of hydrogen-bond donors (Lipinski definition) is 0. The molecule has 6 heteroatoms. The lowest BCUT2D eigenvalue weighted by Gasteiger charge is -2.20. The van der Waals surface area contributed by atoms with E-state index in [2.05, 4.69) is 0 Å². The summed E-state index contributed by atoms with van der Waals surface area (Å²) in [4.78, 5) is 20.4. The Labute approximate surface area is 174 Å². The molecule has 0 aliphatic heterocycles. The zero-order valence-corrected chi connectivity index (χ0v) is 17.4. The Hall–Kier alpha value is -3.12. The number of benzene rings is 2. The molecule has 0 bridgehead atoms. The summed E-state index contributed by atoms with van der Waals surface area (Å²) in [5.41, 5.74) is 3.80. The van der Waals surface area contributed by atoms with Gasteiger partial charge in [-0.2, -0.15) is 0 Å². The Bertz CT molecular complexity index is 1100. The average Bonchev–Trinajstić information content (AvgIpc) is 3.32. The normalized spacial score (nSPS) is 11.0. The van der Waals surface area contributed by atoms with Gasteiger partial charge < -0.3 is 9.64 Å². The topological polar surface area (TPSA) is 46.8 Å². The smallest absolute Gasteiger partial charge is 0.232 e. The lowest BCUT2D eigenvalue weighted by molar-refractivity contribution is -0.118. The van der Waals surface area contributed by atoms with Crippen molar-refractivity contribution in [3.05, 3.63) is 71.9 Å². The maximum atomic E-state index is 12.9. The van der Waals surface area contributed by atoms with Crippen LogP contribution in [0.15, 0.2) is 66.2 Å². The van der Waals surface area contributed by atoms with Crippen LogP contribution in [0.1, 0.15) is 19.5 Å². The standard InChI is InChI=1S/C23H23N3O2S/c1-3-25(18-8-6-5-7-9-18)22(27)14-19-16-29-23-24-21(15-26(19)23)17-10-12-20(13-11-17)28-4-2/h5-13,15-16H,3-4,14H2,1-2H3. The molecule has 2 heterocycles. The second-order valence-corrected chi connectivity index (χ2v) is 7.45. The molecule has 0 saturated heterocycles. The van der Waals surface area contributed by atoms with E-state index in [4.69, 9.17) is 9.72 Å². The van der Waals surface area contributed by atoms with Crippen molar-refractivity contribution in [1.82, 2.24) is 9.38 Å². The van der Waals surface area contributed by atoms with Crippen LogP contribution in [-0.4, -0.2) is 28.4 Å². The van der Waals surface area contributed by atoms with Crippen LogP contribution in [0.4, 0.5) is 5.69 Å². The summed E-state index contributed by atoms with van der Waals surface area (Å²) in [6.07, 6.45) is 2.34. The Morgan fingerprint density at radius 3 is 2.55 bits per heavy atom. The lowest BCUT2D eigenvalue weighted by Crippen LogP contribution is -2.32. The number of carbonyl (C=O) groups is 1. The van der Waals surface area contributed by atoms with Crippen molar-refractivity contribution in [3.63, 3.8) is 0 Å². The first-order valence-electron chi connectivity index (χ1n) is 9.73. The first-order chi connectivity index (χ1) is 14.2. The number of likely N-dealkylation sites (N-methyl/N-ethyl adjacent to an activating group) is 1. The fourth-order valence-electron chi connectivity index (χ4n) is 3.35. The first-order valence-corrected chi connectivity index (χ1v) is 10.6. The van der Waals surface area contributed by atoms with Crippen LogP contribution in [0.2, 0.25) is 0 Å². The molecule has 0 aliphatic rings. The number of aromatic nitrogens is 2. The summed E-state index contributed by atoms with van der Waals surface area (Å²) in [6, 6.07) is 17.7. The second kappa shape index (κ2) is 8.49. The molecular formula is C23H23N3O2S. The van der Waals surface area contributed by atoms with E-state index in [1.54, 1.807) is 11.3 Å². The molecule has 0 unspecified atom stereocenters. The number of fused-ring (bicyclic) bond motifs is 1. The molecule has 148 valence electrons. The minimum atomic E-state index is 0.0784. The SMILES string of the molecule is CCOc1ccc(-c2cn3c(CC(=O)N(CC)c4ccccc4)csc3n2)cc1. The number of amides is 1. The molecule has 0 spiro atoms. The number of hydrogen-bond acceptors (Lipinski definition) is 4. The number of para-hydroxylation sites is 1. The Morgan fingerprint density at radius 2 is 1.86 bits per heavy atom. The minimum Gasteiger partial charge on any atom is -0.494 e. The van der Waals surface area contributed by atoms with Gasteiger partial charge in [0.1, 0.15) is 5.75 Å². The van der Waals surface area contributed by atoms with Crippen LogP contribution in [0.5, 0.6) is 5.75 Å². The molecule has 1 amide bonds. The predicted molar refractivity (Wildman–Crippen MR) is 118 cm³/mol. The molecule has 0 saturated carbocycles. The van der Waals surface area contributed by atoms with Crippen molar-refractivity contribution in [2.24, 2.45) is 0 Å². The van der Waals surface area contributed by atoms with Gasteiger partial charge >= 0.3 is 0 Å². The van der Waals surface area contributed by atoms with Crippen LogP contribution in [0.25, 0.3) is 16.2 Å². The van der Waals surface area contributed by atoms with Crippen LogP contribution < -0.4 is 9.64 Å². The fourth-order valence-corrected chi connectivity index (χ4v) is 4.22. The third-order valence-corrected chi connectivity index (χ3v) is 5.65. The maximum Gasteiger partial charge on any atom is 0.232 e. The van der Waals surface area contributed by atoms with Crippen LogP contribution in [0, 0.1) is 0 Å². The van der Waals surface area contributed by atoms with Crippen molar-refractivity contribution in [1.29, 1.82) is 0 Å². The zero-order chi connectivity index (χ0) is 20.2. The molecule has 0 N–H and O–H groups in total. The number of thiazole rings is 1. The zero-order valence-electron chi connectivity index (χ0n) is 16.5. The monoisotopic (exact) mass is 405 g/mol. The van der Waals surface area contributed by atoms with E-state index >= 15 is 0 Å². The van der Waals surface area contributed by atoms with Gasteiger partial charge in [-0.3, -0.25) is 9.20 Å². The highest BCUT2D eigenvalue weighted by molar-refractivity contribution is 7.15. The maximum absolute atomic E-state index is 12.9. The van der Waals surface area contributed by atoms with E-state index in [-0.39, 0.29) is 5.91 Å². The van der Waals surface area contributed by atoms with Crippen LogP contribution in [-0.2, 0) is 11.2 Å². The second-order valence-electron chi connectivity index (χ2n) is 6.61. The van der Waals surface area contributed by atoms with Gasteiger partial charge in [0.15, 0.2) is 4.96 Å². The van der Waals surface area contributed by atoms with Crippen LogP contribution in [0.3, 0.4) is 0 Å². The van der Waals surface area contributed by atoms with Gasteiger partial charge in [-0.25, -0.2) is 4.98 Å². The molecule has 2 aromatic carbocycles. The Morgan fingerprint density at radius 1 is 1.10 bits per heavy atom. The number of anilines is 1. The van der Waals surface area contributed by atoms with Crippen molar-refractivity contribution in [2.45, 2.75) is 20.3 Å². The van der Waals surface area contributed by atoms with Crippen molar-refractivity contribution in [3.8, 4) is 17.0 Å². The third kappa shape index (κ3) is 4.03. The third-order valence-electron chi connectivity index (χ3n) is 4.76. The Kier molecular flexibility index (Phi) is 5.62. The molecule has 0 aliphatic carbocycles. The van der Waals surface area contributed by atoms with Crippen molar-refractivity contribution < 1.29 is 9.53 Å². The molecule has 4 rings (SSSR count). The van der Waals surface area contributed by atoms with E-state index < -0.39 is 0 Å². The van der Waals surface area contributed by atoms with E-state index in [1.165, 1.54) is 0 Å². The summed E-state index contributed by atoms with van der Waals surface area (Å²) in [5, 5.41) is 2.01. The highest BCUT2D eigenvalue weighted by Gasteiger charge is 2.17. The van der Waals surface area contributed by atoms with Crippen molar-refractivity contribution >= 4 is 27.9 Å². The van der Waals surface area contributed by atoms with Gasteiger partial charge in [0.25, 0.3) is 0 Å². The van der Waals surface area contributed by atoms with E-state index in [1.807, 2.05) is 89.3 Å². The van der Waals surface area contributed by atoms with Crippen molar-refractivity contribution in [2.75, 3.05) is 18.1 Å². The van der Waals surface area contributed by atoms with E-state index in [0.717, 1.165) is 33.3 Å². The predicted octanol–water partition coefficient (Wildman–Crippen LogP) is 5.06. The van der Waals surface area contributed by atoms with Gasteiger partial charge in [0.2, 0.25) is 5.91 Å². The van der Waals surface area contributed by atoms with Gasteiger partial charge in [-0.1, -0.05) is 18.2 Å². The summed E-state index contributed by atoms with van der Waals surface area (Å²) in [5.74, 6) is 0.929. The largest absolute Gasteiger partial charge is 0.494 e. The quantitative estimate of drug-likeness (QED) is 0.432. The number of rotatable bonds is 7. The molecule has 4 aromatic rings. The molecule has 0 fully saturated rings. The molecule has 5 nitrogen and oxygen atoms in total. The summed E-state index contributed by atoms with van der Waals surface area (Å²) < 4.78 is 7.53. The summed E-state index contributed by atoms with van der Waals surface area (Å²) in [7, 11) is 0. The van der Waals surface area contributed by atoms with E-state index in [9.17, 15) is 4.79 Å². The summed E-state index contributed by atoms with van der Waals surface area (Å²) >= 11 is 1.55. The number of ether oxygens (including phenoxy) is 1. The fraction of sp³-hybridized carbons (Fsp3) is 0.217. The highest BCUT2D eigenvalue weighted by atomic mass is 32.1. The number of nitrogens with zero attached hydrogens (tertiary/aromatic N) is 3.